The van der Waals surface area contributed by atoms with Gasteiger partial charge in [-0.1, -0.05) is 18.2 Å². The van der Waals surface area contributed by atoms with Crippen LogP contribution in [0.3, 0.4) is 0 Å². The molecule has 33 heavy (non-hydrogen) atoms. The van der Waals surface area contributed by atoms with Crippen LogP contribution in [0, 0.1) is 6.92 Å². The molecule has 1 amide bonds. The van der Waals surface area contributed by atoms with Crippen molar-refractivity contribution < 1.29 is 14.3 Å². The molecule has 0 unspecified atom stereocenters. The first-order valence-electron chi connectivity index (χ1n) is 10.8. The molecule has 0 saturated carbocycles. The summed E-state index contributed by atoms with van der Waals surface area (Å²) < 4.78 is 12.8. The molecular formula is C26H25N3O3S. The summed E-state index contributed by atoms with van der Waals surface area (Å²) in [7, 11) is 3.24. The monoisotopic (exact) mass is 459 g/mol. The molecule has 5 rings (SSSR count). The van der Waals surface area contributed by atoms with E-state index in [9.17, 15) is 4.79 Å². The topological polar surface area (TPSA) is 65.4 Å². The second-order valence-corrected chi connectivity index (χ2v) is 9.03. The summed E-state index contributed by atoms with van der Waals surface area (Å²) in [4.78, 5) is 14.9. The van der Waals surface area contributed by atoms with Gasteiger partial charge in [0.1, 0.15) is 11.5 Å². The van der Waals surface area contributed by atoms with Crippen molar-refractivity contribution in [2.75, 3.05) is 14.2 Å². The van der Waals surface area contributed by atoms with Crippen molar-refractivity contribution in [3.8, 4) is 27.6 Å². The van der Waals surface area contributed by atoms with Crippen molar-refractivity contribution in [1.82, 2.24) is 15.1 Å². The van der Waals surface area contributed by atoms with E-state index in [2.05, 4.69) is 17.4 Å². The Labute approximate surface area is 196 Å². The number of ether oxygens (including phenoxy) is 2. The molecule has 1 aliphatic carbocycles. The molecule has 6 nitrogen and oxygen atoms in total. The highest BCUT2D eigenvalue weighted by Gasteiger charge is 2.27. The van der Waals surface area contributed by atoms with Crippen molar-refractivity contribution in [3.05, 3.63) is 82.0 Å². The number of rotatable bonds is 6. The second kappa shape index (κ2) is 8.75. The minimum Gasteiger partial charge on any atom is -0.497 e. The number of hydrogen-bond acceptors (Lipinski definition) is 5. The van der Waals surface area contributed by atoms with Gasteiger partial charge in [0.15, 0.2) is 0 Å². The van der Waals surface area contributed by atoms with Crippen LogP contribution in [0.2, 0.25) is 0 Å². The SMILES string of the molecule is COc1ccc(OC)c(CNC(=O)c2cc3c(s2)-c2c(C)nn(-c4ccccc4)c2CC3)c1. The highest BCUT2D eigenvalue weighted by Crippen LogP contribution is 2.42. The lowest BCUT2D eigenvalue weighted by Crippen LogP contribution is -2.22. The van der Waals surface area contributed by atoms with E-state index in [-0.39, 0.29) is 5.91 Å². The first-order valence-corrected chi connectivity index (χ1v) is 11.7. The Morgan fingerprint density at radius 1 is 1.09 bits per heavy atom. The average Bonchev–Trinajstić information content (AvgIpc) is 3.44. The van der Waals surface area contributed by atoms with Crippen LogP contribution < -0.4 is 14.8 Å². The summed E-state index contributed by atoms with van der Waals surface area (Å²) in [5, 5.41) is 7.86. The number of aryl methyl sites for hydroxylation is 2. The van der Waals surface area contributed by atoms with Gasteiger partial charge in [-0.05, 0) is 61.7 Å². The van der Waals surface area contributed by atoms with Crippen LogP contribution >= 0.6 is 11.3 Å². The Balaban J connectivity index is 1.41. The lowest BCUT2D eigenvalue weighted by molar-refractivity contribution is 0.0954. The van der Waals surface area contributed by atoms with E-state index in [1.165, 1.54) is 16.8 Å². The van der Waals surface area contributed by atoms with Gasteiger partial charge in [0.2, 0.25) is 0 Å². The maximum atomic E-state index is 13.0. The van der Waals surface area contributed by atoms with Crippen LogP contribution in [0.1, 0.15) is 32.2 Å². The van der Waals surface area contributed by atoms with Gasteiger partial charge in [0, 0.05) is 22.5 Å². The van der Waals surface area contributed by atoms with Crippen molar-refractivity contribution >= 4 is 17.2 Å². The zero-order valence-electron chi connectivity index (χ0n) is 18.8. The number of amides is 1. The van der Waals surface area contributed by atoms with Crippen LogP contribution in [0.15, 0.2) is 54.6 Å². The van der Waals surface area contributed by atoms with Crippen molar-refractivity contribution in [1.29, 1.82) is 0 Å². The number of para-hydroxylation sites is 1. The molecule has 0 aliphatic heterocycles. The van der Waals surface area contributed by atoms with Gasteiger partial charge in [-0.3, -0.25) is 4.79 Å². The van der Waals surface area contributed by atoms with Crippen molar-refractivity contribution in [2.45, 2.75) is 26.3 Å². The molecule has 0 saturated heterocycles. The number of nitrogens with one attached hydrogen (secondary N) is 1. The van der Waals surface area contributed by atoms with Gasteiger partial charge in [0.05, 0.1) is 36.2 Å². The third-order valence-electron chi connectivity index (χ3n) is 5.97. The largest absolute Gasteiger partial charge is 0.497 e. The first-order chi connectivity index (χ1) is 16.1. The van der Waals surface area contributed by atoms with Crippen molar-refractivity contribution in [3.63, 3.8) is 0 Å². The van der Waals surface area contributed by atoms with Gasteiger partial charge in [-0.25, -0.2) is 4.68 Å². The van der Waals surface area contributed by atoms with E-state index in [1.54, 1.807) is 25.6 Å². The van der Waals surface area contributed by atoms with E-state index in [1.807, 2.05) is 54.1 Å². The minimum absolute atomic E-state index is 0.0890. The predicted octanol–water partition coefficient (Wildman–Crippen LogP) is 4.96. The normalized spacial score (nSPS) is 12.1. The van der Waals surface area contributed by atoms with Crippen LogP contribution in [0.4, 0.5) is 0 Å². The molecule has 0 radical (unpaired) electrons. The van der Waals surface area contributed by atoms with E-state index in [0.717, 1.165) is 46.2 Å². The Hall–Kier alpha value is -3.58. The molecule has 1 aliphatic rings. The molecule has 0 spiro atoms. The lowest BCUT2D eigenvalue weighted by Gasteiger charge is -2.14. The molecule has 0 fully saturated rings. The number of carbonyl (C=O) groups excluding carboxylic acids is 1. The van der Waals surface area contributed by atoms with E-state index >= 15 is 0 Å². The van der Waals surface area contributed by atoms with Crippen LogP contribution in [0.25, 0.3) is 16.1 Å². The quantitative estimate of drug-likeness (QED) is 0.443. The Kier molecular flexibility index (Phi) is 5.64. The molecule has 168 valence electrons. The number of aromatic nitrogens is 2. The zero-order chi connectivity index (χ0) is 22.9. The zero-order valence-corrected chi connectivity index (χ0v) is 19.7. The van der Waals surface area contributed by atoms with Crippen LogP contribution in [-0.4, -0.2) is 29.9 Å². The molecule has 7 heteroatoms. The average molecular weight is 460 g/mol. The third kappa shape index (κ3) is 3.89. The van der Waals surface area contributed by atoms with Gasteiger partial charge in [-0.2, -0.15) is 5.10 Å². The molecule has 1 N–H and O–H groups in total. The fourth-order valence-electron chi connectivity index (χ4n) is 4.36. The van der Waals surface area contributed by atoms with Crippen LogP contribution in [-0.2, 0) is 19.4 Å². The number of carbonyl (C=O) groups is 1. The smallest absolute Gasteiger partial charge is 0.261 e. The second-order valence-electron chi connectivity index (χ2n) is 7.98. The van der Waals surface area contributed by atoms with Crippen molar-refractivity contribution in [2.24, 2.45) is 0 Å². The van der Waals surface area contributed by atoms with E-state index in [0.29, 0.717) is 11.4 Å². The Morgan fingerprint density at radius 3 is 2.67 bits per heavy atom. The Bertz CT molecular complexity index is 1320. The summed E-state index contributed by atoms with van der Waals surface area (Å²) >= 11 is 1.54. The highest BCUT2D eigenvalue weighted by atomic mass is 32.1. The number of methoxy groups -OCH3 is 2. The van der Waals surface area contributed by atoms with Crippen LogP contribution in [0.5, 0.6) is 11.5 Å². The number of fused-ring (bicyclic) bond motifs is 3. The fraction of sp³-hybridized carbons (Fsp3) is 0.231. The number of thiophene rings is 1. The standard InChI is InChI=1S/C26H25N3O3S/c1-16-24-21(29(28-16)19-7-5-4-6-8-19)11-9-17-14-23(33-25(17)24)26(30)27-15-18-13-20(31-2)10-12-22(18)32-3/h4-8,10,12-14H,9,11,15H2,1-3H3,(H,27,30). The third-order valence-corrected chi connectivity index (χ3v) is 7.17. The molecule has 0 bridgehead atoms. The number of benzene rings is 2. The maximum absolute atomic E-state index is 13.0. The summed E-state index contributed by atoms with van der Waals surface area (Å²) in [6.45, 7) is 2.40. The molecule has 0 atom stereocenters. The maximum Gasteiger partial charge on any atom is 0.261 e. The van der Waals surface area contributed by atoms with Gasteiger partial charge < -0.3 is 14.8 Å². The fourth-order valence-corrected chi connectivity index (χ4v) is 5.60. The number of hydrogen-bond donors (Lipinski definition) is 1. The molecular weight excluding hydrogens is 434 g/mol. The predicted molar refractivity (Wildman–Crippen MR) is 130 cm³/mol. The Morgan fingerprint density at radius 2 is 1.91 bits per heavy atom. The molecule has 2 aromatic carbocycles. The van der Waals surface area contributed by atoms with Gasteiger partial charge in [0.25, 0.3) is 5.91 Å². The van der Waals surface area contributed by atoms with E-state index in [4.69, 9.17) is 14.6 Å². The first kappa shape index (κ1) is 21.3. The molecule has 4 aromatic rings. The summed E-state index contributed by atoms with van der Waals surface area (Å²) in [5.41, 5.74) is 6.51. The van der Waals surface area contributed by atoms with Gasteiger partial charge >= 0.3 is 0 Å². The summed E-state index contributed by atoms with van der Waals surface area (Å²) in [6.07, 6.45) is 1.80. The highest BCUT2D eigenvalue weighted by molar-refractivity contribution is 7.17. The summed E-state index contributed by atoms with van der Waals surface area (Å²) in [6, 6.07) is 17.8. The number of nitrogens with zero attached hydrogens (tertiary/aromatic N) is 2. The van der Waals surface area contributed by atoms with E-state index < -0.39 is 0 Å². The molecule has 2 aromatic heterocycles. The lowest BCUT2D eigenvalue weighted by atomic mass is 9.95. The minimum atomic E-state index is -0.0890. The van der Waals surface area contributed by atoms with Gasteiger partial charge in [-0.15, -0.1) is 11.3 Å². The molecule has 2 heterocycles. The summed E-state index contributed by atoms with van der Waals surface area (Å²) in [5.74, 6) is 1.36.